The van der Waals surface area contributed by atoms with Crippen LogP contribution in [0.3, 0.4) is 0 Å². The van der Waals surface area contributed by atoms with Crippen LogP contribution in [0.25, 0.3) is 0 Å². The molecule has 0 bridgehead atoms. The van der Waals surface area contributed by atoms with Gasteiger partial charge in [0.15, 0.2) is 0 Å². The number of halogens is 1. The third kappa shape index (κ3) is 4.75. The molecule has 0 radical (unpaired) electrons. The van der Waals surface area contributed by atoms with Gasteiger partial charge in [0.2, 0.25) is 0 Å². The summed E-state index contributed by atoms with van der Waals surface area (Å²) in [6.45, 7) is 3.79. The van der Waals surface area contributed by atoms with Crippen molar-refractivity contribution in [1.82, 2.24) is 10.3 Å². The maximum atomic E-state index is 12.5. The molecule has 6 heteroatoms. The van der Waals surface area contributed by atoms with Gasteiger partial charge < -0.3 is 10.6 Å². The Balaban J connectivity index is 1.71. The Morgan fingerprint density at radius 2 is 1.64 bits per heavy atom. The SMILES string of the molecule is Cc1ccc(NC(=O)c2cncc(C(=O)NC(C)c3ccccc3)c2)cc1Cl. The Hall–Kier alpha value is -3.18. The highest BCUT2D eigenvalue weighted by Crippen LogP contribution is 2.20. The van der Waals surface area contributed by atoms with E-state index in [9.17, 15) is 9.59 Å². The molecular formula is C22H20ClN3O2. The smallest absolute Gasteiger partial charge is 0.257 e. The van der Waals surface area contributed by atoms with E-state index in [-0.39, 0.29) is 23.4 Å². The maximum Gasteiger partial charge on any atom is 0.257 e. The Morgan fingerprint density at radius 1 is 0.964 bits per heavy atom. The van der Waals surface area contributed by atoms with Crippen LogP contribution in [0.2, 0.25) is 5.02 Å². The minimum absolute atomic E-state index is 0.166. The van der Waals surface area contributed by atoms with E-state index in [2.05, 4.69) is 15.6 Å². The molecule has 2 aromatic carbocycles. The van der Waals surface area contributed by atoms with Crippen LogP contribution in [0.15, 0.2) is 67.0 Å². The summed E-state index contributed by atoms with van der Waals surface area (Å²) in [6.07, 6.45) is 2.86. The van der Waals surface area contributed by atoms with Crippen LogP contribution in [-0.2, 0) is 0 Å². The molecular weight excluding hydrogens is 374 g/mol. The number of pyridine rings is 1. The molecule has 142 valence electrons. The molecule has 2 N–H and O–H groups in total. The van der Waals surface area contributed by atoms with E-state index < -0.39 is 0 Å². The topological polar surface area (TPSA) is 71.1 Å². The summed E-state index contributed by atoms with van der Waals surface area (Å²) in [5.41, 5.74) is 3.10. The lowest BCUT2D eigenvalue weighted by atomic mass is 10.1. The zero-order chi connectivity index (χ0) is 20.1. The maximum absolute atomic E-state index is 12.5. The van der Waals surface area contributed by atoms with Gasteiger partial charge in [-0.2, -0.15) is 0 Å². The largest absolute Gasteiger partial charge is 0.345 e. The van der Waals surface area contributed by atoms with Gasteiger partial charge in [-0.05, 0) is 43.2 Å². The lowest BCUT2D eigenvalue weighted by Gasteiger charge is -2.14. The van der Waals surface area contributed by atoms with Gasteiger partial charge in [0.05, 0.1) is 17.2 Å². The van der Waals surface area contributed by atoms with Gasteiger partial charge in [-0.25, -0.2) is 0 Å². The van der Waals surface area contributed by atoms with Gasteiger partial charge in [0, 0.05) is 23.1 Å². The second-order valence-electron chi connectivity index (χ2n) is 6.49. The van der Waals surface area contributed by atoms with Crippen molar-refractivity contribution >= 4 is 29.1 Å². The van der Waals surface area contributed by atoms with Crippen molar-refractivity contribution in [3.05, 3.63) is 94.3 Å². The first kappa shape index (κ1) is 19.6. The van der Waals surface area contributed by atoms with Crippen molar-refractivity contribution in [3.63, 3.8) is 0 Å². The Bertz CT molecular complexity index is 1010. The zero-order valence-electron chi connectivity index (χ0n) is 15.6. The number of benzene rings is 2. The number of aromatic nitrogens is 1. The predicted octanol–water partition coefficient (Wildman–Crippen LogP) is 4.79. The van der Waals surface area contributed by atoms with E-state index in [0.29, 0.717) is 16.3 Å². The molecule has 1 unspecified atom stereocenters. The average molecular weight is 394 g/mol. The first-order valence-electron chi connectivity index (χ1n) is 8.82. The highest BCUT2D eigenvalue weighted by Gasteiger charge is 2.14. The normalized spacial score (nSPS) is 11.5. The molecule has 0 aliphatic rings. The summed E-state index contributed by atoms with van der Waals surface area (Å²) in [6, 6.07) is 16.3. The standard InChI is InChI=1S/C22H20ClN3O2/c1-14-8-9-19(11-20(14)23)26-22(28)18-10-17(12-24-13-18)21(27)25-15(2)16-6-4-3-5-7-16/h3-13,15H,1-2H3,(H,25,27)(H,26,28). The fourth-order valence-electron chi connectivity index (χ4n) is 2.67. The lowest BCUT2D eigenvalue weighted by molar-refractivity contribution is 0.0939. The molecule has 1 atom stereocenters. The van der Waals surface area contributed by atoms with E-state index in [1.165, 1.54) is 18.5 Å². The highest BCUT2D eigenvalue weighted by molar-refractivity contribution is 6.31. The molecule has 0 aliphatic carbocycles. The van der Waals surface area contributed by atoms with Crippen LogP contribution in [0, 0.1) is 6.92 Å². The highest BCUT2D eigenvalue weighted by atomic mass is 35.5. The van der Waals surface area contributed by atoms with Gasteiger partial charge in [0.25, 0.3) is 11.8 Å². The molecule has 0 saturated carbocycles. The van der Waals surface area contributed by atoms with Crippen molar-refractivity contribution in [3.8, 4) is 0 Å². The quantitative estimate of drug-likeness (QED) is 0.654. The Labute approximate surface area is 168 Å². The van der Waals surface area contributed by atoms with E-state index >= 15 is 0 Å². The number of hydrogen-bond donors (Lipinski definition) is 2. The summed E-state index contributed by atoms with van der Waals surface area (Å²) >= 11 is 6.09. The van der Waals surface area contributed by atoms with Crippen LogP contribution >= 0.6 is 11.6 Å². The monoisotopic (exact) mass is 393 g/mol. The van der Waals surface area contributed by atoms with E-state index in [1.54, 1.807) is 12.1 Å². The summed E-state index contributed by atoms with van der Waals surface area (Å²) in [5, 5.41) is 6.25. The number of nitrogens with zero attached hydrogens (tertiary/aromatic N) is 1. The fourth-order valence-corrected chi connectivity index (χ4v) is 2.85. The van der Waals surface area contributed by atoms with E-state index in [4.69, 9.17) is 11.6 Å². The van der Waals surface area contributed by atoms with Gasteiger partial charge in [-0.1, -0.05) is 48.0 Å². The number of aryl methyl sites for hydroxylation is 1. The number of nitrogens with one attached hydrogen (secondary N) is 2. The number of hydrogen-bond acceptors (Lipinski definition) is 3. The van der Waals surface area contributed by atoms with Crippen LogP contribution < -0.4 is 10.6 Å². The van der Waals surface area contributed by atoms with Crippen LogP contribution in [0.1, 0.15) is 44.8 Å². The van der Waals surface area contributed by atoms with Crippen molar-refractivity contribution in [2.75, 3.05) is 5.32 Å². The number of carbonyl (C=O) groups excluding carboxylic acids is 2. The molecule has 1 heterocycles. The molecule has 5 nitrogen and oxygen atoms in total. The molecule has 3 aromatic rings. The number of carbonyl (C=O) groups is 2. The first-order chi connectivity index (χ1) is 13.4. The van der Waals surface area contributed by atoms with Crippen molar-refractivity contribution < 1.29 is 9.59 Å². The van der Waals surface area contributed by atoms with E-state index in [0.717, 1.165) is 11.1 Å². The Morgan fingerprint density at radius 3 is 2.32 bits per heavy atom. The van der Waals surface area contributed by atoms with Crippen LogP contribution in [0.5, 0.6) is 0 Å². The molecule has 3 rings (SSSR count). The molecule has 0 aliphatic heterocycles. The average Bonchev–Trinajstić information content (AvgIpc) is 2.71. The van der Waals surface area contributed by atoms with Gasteiger partial charge >= 0.3 is 0 Å². The molecule has 0 fully saturated rings. The van der Waals surface area contributed by atoms with Gasteiger partial charge in [0.1, 0.15) is 0 Å². The zero-order valence-corrected chi connectivity index (χ0v) is 16.3. The van der Waals surface area contributed by atoms with E-state index in [1.807, 2.05) is 50.2 Å². The third-order valence-corrected chi connectivity index (χ3v) is 4.75. The summed E-state index contributed by atoms with van der Waals surface area (Å²) in [5.74, 6) is -0.657. The number of anilines is 1. The first-order valence-corrected chi connectivity index (χ1v) is 9.20. The van der Waals surface area contributed by atoms with Crippen molar-refractivity contribution in [2.24, 2.45) is 0 Å². The predicted molar refractivity (Wildman–Crippen MR) is 111 cm³/mol. The fraction of sp³-hybridized carbons (Fsp3) is 0.136. The van der Waals surface area contributed by atoms with Crippen molar-refractivity contribution in [2.45, 2.75) is 19.9 Å². The Kier molecular flexibility index (Phi) is 6.06. The van der Waals surface area contributed by atoms with Crippen molar-refractivity contribution in [1.29, 1.82) is 0 Å². The third-order valence-electron chi connectivity index (χ3n) is 4.34. The molecule has 2 amide bonds. The van der Waals surface area contributed by atoms with Gasteiger partial charge in [-0.3, -0.25) is 14.6 Å². The molecule has 0 saturated heterocycles. The minimum atomic E-state index is -0.363. The number of rotatable bonds is 5. The molecule has 0 spiro atoms. The van der Waals surface area contributed by atoms with Crippen LogP contribution in [-0.4, -0.2) is 16.8 Å². The summed E-state index contributed by atoms with van der Waals surface area (Å²) in [7, 11) is 0. The summed E-state index contributed by atoms with van der Waals surface area (Å²) < 4.78 is 0. The minimum Gasteiger partial charge on any atom is -0.345 e. The lowest BCUT2D eigenvalue weighted by Crippen LogP contribution is -2.27. The second-order valence-corrected chi connectivity index (χ2v) is 6.89. The molecule has 1 aromatic heterocycles. The molecule has 28 heavy (non-hydrogen) atoms. The second kappa shape index (κ2) is 8.67. The van der Waals surface area contributed by atoms with Crippen LogP contribution in [0.4, 0.5) is 5.69 Å². The van der Waals surface area contributed by atoms with Gasteiger partial charge in [-0.15, -0.1) is 0 Å². The summed E-state index contributed by atoms with van der Waals surface area (Å²) in [4.78, 5) is 29.1. The number of amides is 2.